The van der Waals surface area contributed by atoms with E-state index in [9.17, 15) is 0 Å². The molecule has 4 heteroatoms. The Labute approximate surface area is 104 Å². The molecule has 0 heterocycles. The summed E-state index contributed by atoms with van der Waals surface area (Å²) in [4.78, 5) is 0. The molecule has 0 saturated carbocycles. The molecule has 1 nitrogen and oxygen atoms in total. The first-order valence-electron chi connectivity index (χ1n) is 4.34. The second kappa shape index (κ2) is 5.42. The number of hydrogen-bond acceptors (Lipinski definition) is 1. The molecule has 0 aliphatic carbocycles. The van der Waals surface area contributed by atoms with Crippen molar-refractivity contribution in [3.63, 3.8) is 0 Å². The van der Waals surface area contributed by atoms with Gasteiger partial charge in [0.05, 0.1) is 11.1 Å². The molecular weight excluding hydrogens is 252 g/mol. The zero-order chi connectivity index (χ0) is 11.4. The number of hydrogen-bond donors (Lipinski definition) is 0. The van der Waals surface area contributed by atoms with Gasteiger partial charge in [-0.05, 0) is 24.6 Å². The number of allylic oxidation sites excluding steroid dienone is 1. The molecule has 0 saturated heterocycles. The van der Waals surface area contributed by atoms with Crippen LogP contribution in [0.1, 0.15) is 18.9 Å². The van der Waals surface area contributed by atoms with Gasteiger partial charge in [0.2, 0.25) is 0 Å². The summed E-state index contributed by atoms with van der Waals surface area (Å²) in [5.74, 6) is 0. The lowest BCUT2D eigenvalue weighted by Crippen LogP contribution is -1.85. The minimum Gasteiger partial charge on any atom is -0.193 e. The quantitative estimate of drug-likeness (QED) is 0.696. The monoisotopic (exact) mass is 259 g/mol. The molecule has 0 unspecified atom stereocenters. The van der Waals surface area contributed by atoms with Gasteiger partial charge in [-0.15, -0.1) is 0 Å². The van der Waals surface area contributed by atoms with Crippen LogP contribution in [-0.4, -0.2) is 0 Å². The largest absolute Gasteiger partial charge is 0.193 e. The maximum Gasteiger partial charge on any atom is 0.0962 e. The van der Waals surface area contributed by atoms with Gasteiger partial charge in [0.1, 0.15) is 0 Å². The zero-order valence-electron chi connectivity index (χ0n) is 8.02. The van der Waals surface area contributed by atoms with Gasteiger partial charge in [-0.1, -0.05) is 41.7 Å². The minimum absolute atomic E-state index is 0.368. The topological polar surface area (TPSA) is 23.8 Å². The molecule has 15 heavy (non-hydrogen) atoms. The Kier molecular flexibility index (Phi) is 4.47. The van der Waals surface area contributed by atoms with E-state index in [1.54, 1.807) is 18.2 Å². The van der Waals surface area contributed by atoms with E-state index in [2.05, 4.69) is 0 Å². The third-order valence-electron chi connectivity index (χ3n) is 1.92. The summed E-state index contributed by atoms with van der Waals surface area (Å²) in [6.45, 7) is 1.86. The van der Waals surface area contributed by atoms with Crippen molar-refractivity contribution >= 4 is 39.8 Å². The highest BCUT2D eigenvalue weighted by Crippen LogP contribution is 2.32. The van der Waals surface area contributed by atoms with Crippen molar-refractivity contribution in [3.8, 4) is 6.07 Å². The molecule has 0 atom stereocenters. The first-order chi connectivity index (χ1) is 7.10. The van der Waals surface area contributed by atoms with Crippen LogP contribution in [0.2, 0.25) is 10.0 Å². The second-order valence-electron chi connectivity index (χ2n) is 2.88. The SMILES string of the molecule is CC/C(C#N)=C(/Cl)c1cc(Cl)ccc1Cl. The summed E-state index contributed by atoms with van der Waals surface area (Å²) < 4.78 is 0. The van der Waals surface area contributed by atoms with Gasteiger partial charge in [-0.3, -0.25) is 0 Å². The fourth-order valence-electron chi connectivity index (χ4n) is 1.11. The highest BCUT2D eigenvalue weighted by Gasteiger charge is 2.09. The highest BCUT2D eigenvalue weighted by molar-refractivity contribution is 6.51. The van der Waals surface area contributed by atoms with Crippen LogP contribution in [0.25, 0.3) is 5.03 Å². The van der Waals surface area contributed by atoms with Crippen LogP contribution in [-0.2, 0) is 0 Å². The summed E-state index contributed by atoms with van der Waals surface area (Å²) in [6.07, 6.45) is 0.568. The second-order valence-corrected chi connectivity index (χ2v) is 4.10. The summed E-state index contributed by atoms with van der Waals surface area (Å²) in [5.41, 5.74) is 1.10. The first-order valence-corrected chi connectivity index (χ1v) is 5.47. The summed E-state index contributed by atoms with van der Waals surface area (Å²) >= 11 is 17.9. The van der Waals surface area contributed by atoms with Crippen molar-refractivity contribution in [1.82, 2.24) is 0 Å². The maximum atomic E-state index is 8.85. The van der Waals surface area contributed by atoms with E-state index in [0.717, 1.165) is 0 Å². The van der Waals surface area contributed by atoms with Crippen LogP contribution in [0.4, 0.5) is 0 Å². The minimum atomic E-state index is 0.368. The van der Waals surface area contributed by atoms with Gasteiger partial charge in [0.25, 0.3) is 0 Å². The van der Waals surface area contributed by atoms with E-state index in [1.165, 1.54) is 0 Å². The summed E-state index contributed by atoms with van der Waals surface area (Å²) in [5, 5.41) is 10.3. The Morgan fingerprint density at radius 3 is 2.60 bits per heavy atom. The summed E-state index contributed by atoms with van der Waals surface area (Å²) in [6, 6.07) is 7.03. The fourth-order valence-corrected chi connectivity index (χ4v) is 1.88. The molecule has 0 spiro atoms. The van der Waals surface area contributed by atoms with E-state index in [1.807, 2.05) is 13.0 Å². The molecule has 0 aromatic heterocycles. The molecule has 1 aromatic rings. The van der Waals surface area contributed by atoms with Crippen LogP contribution >= 0.6 is 34.8 Å². The van der Waals surface area contributed by atoms with Gasteiger partial charge < -0.3 is 0 Å². The van der Waals surface area contributed by atoms with Crippen LogP contribution in [0, 0.1) is 11.3 Å². The lowest BCUT2D eigenvalue weighted by atomic mass is 10.1. The predicted molar refractivity (Wildman–Crippen MR) is 65.1 cm³/mol. The van der Waals surface area contributed by atoms with Gasteiger partial charge in [-0.25, -0.2) is 0 Å². The average molecular weight is 261 g/mol. The van der Waals surface area contributed by atoms with Crippen molar-refractivity contribution < 1.29 is 0 Å². The van der Waals surface area contributed by atoms with Gasteiger partial charge in [0.15, 0.2) is 0 Å². The molecule has 0 fully saturated rings. The van der Waals surface area contributed by atoms with E-state index >= 15 is 0 Å². The van der Waals surface area contributed by atoms with Gasteiger partial charge in [0, 0.05) is 21.2 Å². The van der Waals surface area contributed by atoms with Crippen molar-refractivity contribution in [2.75, 3.05) is 0 Å². The molecule has 1 aromatic carbocycles. The predicted octanol–water partition coefficient (Wildman–Crippen LogP) is 4.88. The molecule has 0 amide bonds. The number of benzene rings is 1. The number of nitriles is 1. The Bertz CT molecular complexity index is 444. The van der Waals surface area contributed by atoms with Crippen LogP contribution in [0.15, 0.2) is 23.8 Å². The third-order valence-corrected chi connectivity index (χ3v) is 2.91. The fraction of sp³-hybridized carbons (Fsp3) is 0.182. The molecule has 0 N–H and O–H groups in total. The highest BCUT2D eigenvalue weighted by atomic mass is 35.5. The van der Waals surface area contributed by atoms with E-state index in [-0.39, 0.29) is 0 Å². The van der Waals surface area contributed by atoms with Crippen LogP contribution < -0.4 is 0 Å². The van der Waals surface area contributed by atoms with Crippen molar-refractivity contribution in [2.24, 2.45) is 0 Å². The normalized spacial score (nSPS) is 11.9. The third kappa shape index (κ3) is 2.89. The summed E-state index contributed by atoms with van der Waals surface area (Å²) in [7, 11) is 0. The van der Waals surface area contributed by atoms with Gasteiger partial charge >= 0.3 is 0 Å². The Morgan fingerprint density at radius 2 is 2.07 bits per heavy atom. The van der Waals surface area contributed by atoms with Crippen molar-refractivity contribution in [1.29, 1.82) is 5.26 Å². The average Bonchev–Trinajstić information content (AvgIpc) is 2.23. The number of nitrogens with zero attached hydrogens (tertiary/aromatic N) is 1. The van der Waals surface area contributed by atoms with Gasteiger partial charge in [-0.2, -0.15) is 5.26 Å². The lowest BCUT2D eigenvalue weighted by molar-refractivity contribution is 1.16. The molecule has 0 aliphatic heterocycles. The Morgan fingerprint density at radius 1 is 1.40 bits per heavy atom. The molecule has 1 rings (SSSR count). The molecule has 0 radical (unpaired) electrons. The van der Waals surface area contributed by atoms with Crippen molar-refractivity contribution in [3.05, 3.63) is 39.4 Å². The zero-order valence-corrected chi connectivity index (χ0v) is 10.3. The molecule has 0 aliphatic rings. The Balaban J connectivity index is 3.34. The molecule has 0 bridgehead atoms. The Hall–Kier alpha value is -0.680. The number of halogens is 3. The lowest BCUT2D eigenvalue weighted by Gasteiger charge is -2.05. The van der Waals surface area contributed by atoms with Crippen molar-refractivity contribution in [2.45, 2.75) is 13.3 Å². The van der Waals surface area contributed by atoms with Crippen LogP contribution in [0.5, 0.6) is 0 Å². The molecular formula is C11H8Cl3N. The van der Waals surface area contributed by atoms with E-state index < -0.39 is 0 Å². The van der Waals surface area contributed by atoms with Crippen LogP contribution in [0.3, 0.4) is 0 Å². The number of rotatable bonds is 2. The smallest absolute Gasteiger partial charge is 0.0962 e. The standard InChI is InChI=1S/C11H8Cl3N/c1-2-7(6-15)11(14)9-5-8(12)3-4-10(9)13/h3-5H,2H2,1H3/b11-7-. The first kappa shape index (κ1) is 12.4. The van der Waals surface area contributed by atoms with E-state index in [4.69, 9.17) is 40.1 Å². The maximum absolute atomic E-state index is 8.85. The van der Waals surface area contributed by atoms with E-state index in [0.29, 0.717) is 32.6 Å². The molecule has 78 valence electrons.